The van der Waals surface area contributed by atoms with Crippen molar-refractivity contribution in [1.29, 1.82) is 5.26 Å². The zero-order valence-corrected chi connectivity index (χ0v) is 10.5. The molecular formula is C15H13FN2O. The molecule has 0 fully saturated rings. The first-order chi connectivity index (χ1) is 9.11. The highest BCUT2D eigenvalue weighted by Gasteiger charge is 2.07. The molecule has 3 nitrogen and oxygen atoms in total. The molecule has 0 aliphatic rings. The molecule has 4 heteroatoms. The minimum Gasteiger partial charge on any atom is -0.488 e. The van der Waals surface area contributed by atoms with Crippen molar-refractivity contribution in [2.24, 2.45) is 0 Å². The van der Waals surface area contributed by atoms with Gasteiger partial charge < -0.3 is 10.5 Å². The number of nitriles is 1. The number of nitrogens with two attached hydrogens (primary N) is 1. The molecule has 0 radical (unpaired) electrons. The van der Waals surface area contributed by atoms with Gasteiger partial charge in [-0.15, -0.1) is 0 Å². The molecule has 96 valence electrons. The van der Waals surface area contributed by atoms with Crippen LogP contribution >= 0.6 is 0 Å². The molecule has 2 N–H and O–H groups in total. The molecule has 0 aliphatic carbocycles. The number of anilines is 1. The van der Waals surface area contributed by atoms with E-state index in [9.17, 15) is 4.39 Å². The largest absolute Gasteiger partial charge is 0.488 e. The van der Waals surface area contributed by atoms with Crippen LogP contribution in [0.4, 0.5) is 10.1 Å². The van der Waals surface area contributed by atoms with Crippen LogP contribution in [0.1, 0.15) is 16.7 Å². The summed E-state index contributed by atoms with van der Waals surface area (Å²) in [5.74, 6) is 0.224. The summed E-state index contributed by atoms with van der Waals surface area (Å²) in [6, 6.07) is 11.5. The van der Waals surface area contributed by atoms with Crippen molar-refractivity contribution in [3.05, 3.63) is 58.9 Å². The molecule has 0 aromatic heterocycles. The fourth-order valence-electron chi connectivity index (χ4n) is 1.70. The maximum absolute atomic E-state index is 13.6. The molecule has 0 bridgehead atoms. The Morgan fingerprint density at radius 1 is 1.32 bits per heavy atom. The van der Waals surface area contributed by atoms with Gasteiger partial charge in [0.15, 0.2) is 0 Å². The van der Waals surface area contributed by atoms with Crippen molar-refractivity contribution >= 4 is 5.69 Å². The van der Waals surface area contributed by atoms with Gasteiger partial charge in [-0.2, -0.15) is 5.26 Å². The third kappa shape index (κ3) is 2.83. The van der Waals surface area contributed by atoms with Gasteiger partial charge in [0.25, 0.3) is 0 Å². The second kappa shape index (κ2) is 5.40. The van der Waals surface area contributed by atoms with Crippen LogP contribution < -0.4 is 10.5 Å². The molecule has 0 heterocycles. The van der Waals surface area contributed by atoms with Gasteiger partial charge in [0.05, 0.1) is 11.6 Å². The molecule has 0 amide bonds. The maximum Gasteiger partial charge on any atom is 0.129 e. The quantitative estimate of drug-likeness (QED) is 0.858. The second-order valence-electron chi connectivity index (χ2n) is 4.18. The molecular weight excluding hydrogens is 243 g/mol. The molecule has 0 spiro atoms. The highest BCUT2D eigenvalue weighted by molar-refractivity contribution is 5.53. The fourth-order valence-corrected chi connectivity index (χ4v) is 1.70. The van der Waals surface area contributed by atoms with Crippen LogP contribution in [-0.2, 0) is 6.61 Å². The van der Waals surface area contributed by atoms with E-state index in [0.717, 1.165) is 5.56 Å². The number of rotatable bonds is 3. The number of nitrogen functional groups attached to an aromatic ring is 1. The molecule has 2 rings (SSSR count). The first-order valence-electron chi connectivity index (χ1n) is 5.78. The maximum atomic E-state index is 13.6. The Bertz CT molecular complexity index is 647. The highest BCUT2D eigenvalue weighted by Crippen LogP contribution is 2.24. The predicted molar refractivity (Wildman–Crippen MR) is 71.0 cm³/mol. The Morgan fingerprint density at radius 2 is 2.11 bits per heavy atom. The van der Waals surface area contributed by atoms with Crippen LogP contribution in [-0.4, -0.2) is 0 Å². The van der Waals surface area contributed by atoms with Gasteiger partial charge in [0, 0.05) is 16.8 Å². The summed E-state index contributed by atoms with van der Waals surface area (Å²) in [7, 11) is 0. The Hall–Kier alpha value is -2.54. The first kappa shape index (κ1) is 12.9. The average Bonchev–Trinajstić information content (AvgIpc) is 2.42. The third-order valence-electron chi connectivity index (χ3n) is 2.88. The summed E-state index contributed by atoms with van der Waals surface area (Å²) in [6.45, 7) is 1.90. The summed E-state index contributed by atoms with van der Waals surface area (Å²) >= 11 is 0. The number of halogens is 1. The van der Waals surface area contributed by atoms with E-state index >= 15 is 0 Å². The SMILES string of the molecule is Cc1c(N)cccc1OCc1cc(C#N)ccc1F. The predicted octanol–water partition coefficient (Wildman–Crippen LogP) is 3.17. The number of hydrogen-bond donors (Lipinski definition) is 1. The van der Waals surface area contributed by atoms with Crippen molar-refractivity contribution in [2.75, 3.05) is 5.73 Å². The van der Waals surface area contributed by atoms with E-state index in [0.29, 0.717) is 22.6 Å². The van der Waals surface area contributed by atoms with Crippen LogP contribution in [0.25, 0.3) is 0 Å². The average molecular weight is 256 g/mol. The molecule has 2 aromatic carbocycles. The van der Waals surface area contributed by atoms with Crippen molar-refractivity contribution in [1.82, 2.24) is 0 Å². The summed E-state index contributed by atoms with van der Waals surface area (Å²) in [4.78, 5) is 0. The number of ether oxygens (including phenoxy) is 1. The van der Waals surface area contributed by atoms with E-state index < -0.39 is 0 Å². The van der Waals surface area contributed by atoms with E-state index in [1.807, 2.05) is 13.0 Å². The van der Waals surface area contributed by atoms with Gasteiger partial charge in [-0.25, -0.2) is 4.39 Å². The number of benzene rings is 2. The third-order valence-corrected chi connectivity index (χ3v) is 2.88. The van der Waals surface area contributed by atoms with Crippen molar-refractivity contribution in [3.63, 3.8) is 0 Å². The molecule has 0 saturated carbocycles. The smallest absolute Gasteiger partial charge is 0.129 e. The van der Waals surface area contributed by atoms with Crippen molar-refractivity contribution < 1.29 is 9.13 Å². The normalized spacial score (nSPS) is 9.95. The van der Waals surface area contributed by atoms with Gasteiger partial charge >= 0.3 is 0 Å². The lowest BCUT2D eigenvalue weighted by molar-refractivity contribution is 0.298. The fraction of sp³-hybridized carbons (Fsp3) is 0.133. The van der Waals surface area contributed by atoms with Crippen molar-refractivity contribution in [3.8, 4) is 11.8 Å². The summed E-state index contributed by atoms with van der Waals surface area (Å²) in [6.07, 6.45) is 0. The Kier molecular flexibility index (Phi) is 3.67. The van der Waals surface area contributed by atoms with E-state index in [4.69, 9.17) is 15.7 Å². The summed E-state index contributed by atoms with van der Waals surface area (Å²) in [5, 5.41) is 8.79. The van der Waals surface area contributed by atoms with Crippen LogP contribution in [0.2, 0.25) is 0 Å². The molecule has 2 aromatic rings. The van der Waals surface area contributed by atoms with E-state index in [1.54, 1.807) is 18.2 Å². The molecule has 0 atom stereocenters. The van der Waals surface area contributed by atoms with E-state index in [2.05, 4.69) is 0 Å². The van der Waals surface area contributed by atoms with Gasteiger partial charge in [-0.3, -0.25) is 0 Å². The lowest BCUT2D eigenvalue weighted by Gasteiger charge is -2.11. The zero-order valence-electron chi connectivity index (χ0n) is 10.5. The number of nitrogens with zero attached hydrogens (tertiary/aromatic N) is 1. The van der Waals surface area contributed by atoms with Crippen LogP contribution in [0, 0.1) is 24.1 Å². The Morgan fingerprint density at radius 3 is 2.84 bits per heavy atom. The number of hydrogen-bond acceptors (Lipinski definition) is 3. The monoisotopic (exact) mass is 256 g/mol. The molecule has 19 heavy (non-hydrogen) atoms. The highest BCUT2D eigenvalue weighted by atomic mass is 19.1. The standard InChI is InChI=1S/C15H13FN2O/c1-10-14(18)3-2-4-15(10)19-9-12-7-11(8-17)5-6-13(12)16/h2-7H,9,18H2,1H3. The van der Waals surface area contributed by atoms with Crippen molar-refractivity contribution in [2.45, 2.75) is 13.5 Å². The van der Waals surface area contributed by atoms with Crippen LogP contribution in [0.3, 0.4) is 0 Å². The summed E-state index contributed by atoms with van der Waals surface area (Å²) < 4.78 is 19.1. The second-order valence-corrected chi connectivity index (χ2v) is 4.18. The molecule has 0 saturated heterocycles. The van der Waals surface area contributed by atoms with E-state index in [-0.39, 0.29) is 12.4 Å². The van der Waals surface area contributed by atoms with E-state index in [1.165, 1.54) is 18.2 Å². The molecule has 0 unspecified atom stereocenters. The van der Waals surface area contributed by atoms with Gasteiger partial charge in [0.1, 0.15) is 18.2 Å². The zero-order chi connectivity index (χ0) is 13.8. The van der Waals surface area contributed by atoms with Gasteiger partial charge in [0.2, 0.25) is 0 Å². The van der Waals surface area contributed by atoms with Gasteiger partial charge in [-0.05, 0) is 37.3 Å². The van der Waals surface area contributed by atoms with Gasteiger partial charge in [-0.1, -0.05) is 6.07 Å². The summed E-state index contributed by atoms with van der Waals surface area (Å²) in [5.41, 5.74) is 7.97. The van der Waals surface area contributed by atoms with Crippen LogP contribution in [0.5, 0.6) is 5.75 Å². The minimum absolute atomic E-state index is 0.0612. The first-order valence-corrected chi connectivity index (χ1v) is 5.78. The Labute approximate surface area is 111 Å². The topological polar surface area (TPSA) is 59.0 Å². The lowest BCUT2D eigenvalue weighted by atomic mass is 10.1. The molecule has 0 aliphatic heterocycles. The minimum atomic E-state index is -0.388. The lowest BCUT2D eigenvalue weighted by Crippen LogP contribution is -2.01. The Balaban J connectivity index is 2.19. The van der Waals surface area contributed by atoms with Crippen LogP contribution in [0.15, 0.2) is 36.4 Å².